The molecule has 54 valence electrons. The van der Waals surface area contributed by atoms with E-state index in [0.29, 0.717) is 13.2 Å². The van der Waals surface area contributed by atoms with E-state index >= 15 is 0 Å². The van der Waals surface area contributed by atoms with E-state index in [1.165, 1.54) is 0 Å². The summed E-state index contributed by atoms with van der Waals surface area (Å²) in [6.45, 7) is 1.10. The van der Waals surface area contributed by atoms with Gasteiger partial charge in [0.1, 0.15) is 12.4 Å². The Morgan fingerprint density at radius 3 is 2.70 bits per heavy atom. The molecule has 0 fully saturated rings. The van der Waals surface area contributed by atoms with Gasteiger partial charge in [0.25, 0.3) is 0 Å². The molecule has 1 heterocycles. The summed E-state index contributed by atoms with van der Waals surface area (Å²) in [6, 6.07) is 3.60. The molecule has 0 saturated carbocycles. The van der Waals surface area contributed by atoms with Gasteiger partial charge in [0, 0.05) is 18.9 Å². The third-order valence-corrected chi connectivity index (χ3v) is 1.04. The fourth-order valence-electron chi connectivity index (χ4n) is 0.611. The molecule has 0 aromatic carbocycles. The van der Waals surface area contributed by atoms with Gasteiger partial charge in [0.05, 0.1) is 0 Å². The van der Waals surface area contributed by atoms with Crippen molar-refractivity contribution >= 4 is 0 Å². The molecule has 0 aliphatic rings. The van der Waals surface area contributed by atoms with Crippen molar-refractivity contribution in [3.63, 3.8) is 0 Å². The summed E-state index contributed by atoms with van der Waals surface area (Å²) in [7, 11) is 0. The summed E-state index contributed by atoms with van der Waals surface area (Å²) in [5, 5.41) is 0. The van der Waals surface area contributed by atoms with Gasteiger partial charge in [-0.2, -0.15) is 0 Å². The maximum Gasteiger partial charge on any atom is 0.122 e. The molecular weight excluding hydrogens is 128 g/mol. The van der Waals surface area contributed by atoms with E-state index in [1.807, 2.05) is 0 Å². The second-order valence-corrected chi connectivity index (χ2v) is 1.82. The zero-order valence-electron chi connectivity index (χ0n) is 5.66. The van der Waals surface area contributed by atoms with Gasteiger partial charge in [-0.25, -0.2) is 0 Å². The Kier molecular flexibility index (Phi) is 2.70. The van der Waals surface area contributed by atoms with Gasteiger partial charge in [0.2, 0.25) is 0 Å². The van der Waals surface area contributed by atoms with Gasteiger partial charge in [-0.3, -0.25) is 4.98 Å². The Balaban J connectivity index is 2.43. The van der Waals surface area contributed by atoms with Gasteiger partial charge in [0.15, 0.2) is 0 Å². The predicted octanol–water partition coefficient (Wildman–Crippen LogP) is 0.419. The summed E-state index contributed by atoms with van der Waals surface area (Å²) >= 11 is 0. The van der Waals surface area contributed by atoms with Crippen molar-refractivity contribution in [2.45, 2.75) is 0 Å². The highest BCUT2D eigenvalue weighted by Crippen LogP contribution is 2.05. The third-order valence-electron chi connectivity index (χ3n) is 1.04. The van der Waals surface area contributed by atoms with Crippen LogP contribution in [-0.4, -0.2) is 18.1 Å². The Hall–Kier alpha value is -1.09. The van der Waals surface area contributed by atoms with Crippen LogP contribution in [0.25, 0.3) is 0 Å². The zero-order chi connectivity index (χ0) is 7.23. The Bertz CT molecular complexity index is 176. The van der Waals surface area contributed by atoms with E-state index in [9.17, 15) is 0 Å². The largest absolute Gasteiger partial charge is 0.492 e. The van der Waals surface area contributed by atoms with Crippen molar-refractivity contribution in [3.05, 3.63) is 24.5 Å². The molecule has 3 nitrogen and oxygen atoms in total. The molecular formula is C7H10N2O. The SMILES string of the molecule is NCCOc1ccncc1. The summed E-state index contributed by atoms with van der Waals surface area (Å²) in [6.07, 6.45) is 3.37. The fourth-order valence-corrected chi connectivity index (χ4v) is 0.611. The van der Waals surface area contributed by atoms with Crippen LogP contribution in [0.4, 0.5) is 0 Å². The smallest absolute Gasteiger partial charge is 0.122 e. The summed E-state index contributed by atoms with van der Waals surface area (Å²) < 4.78 is 5.19. The van der Waals surface area contributed by atoms with Gasteiger partial charge in [-0.1, -0.05) is 0 Å². The standard InChI is InChI=1S/C7H10N2O/c8-3-6-10-7-1-4-9-5-2-7/h1-2,4-5H,3,6,8H2. The maximum absolute atomic E-state index is 5.24. The van der Waals surface area contributed by atoms with Crippen LogP contribution in [0.2, 0.25) is 0 Å². The number of aromatic nitrogens is 1. The molecule has 1 rings (SSSR count). The monoisotopic (exact) mass is 138 g/mol. The van der Waals surface area contributed by atoms with Crippen LogP contribution in [0.5, 0.6) is 5.75 Å². The molecule has 0 atom stereocenters. The molecule has 0 aliphatic heterocycles. The highest BCUT2D eigenvalue weighted by Gasteiger charge is 1.87. The van der Waals surface area contributed by atoms with Gasteiger partial charge >= 0.3 is 0 Å². The number of ether oxygens (including phenoxy) is 1. The second-order valence-electron chi connectivity index (χ2n) is 1.82. The summed E-state index contributed by atoms with van der Waals surface area (Å²) in [4.78, 5) is 3.84. The molecule has 0 saturated heterocycles. The zero-order valence-corrected chi connectivity index (χ0v) is 5.66. The minimum Gasteiger partial charge on any atom is -0.492 e. The lowest BCUT2D eigenvalue weighted by Crippen LogP contribution is -2.10. The molecule has 0 radical (unpaired) electrons. The van der Waals surface area contributed by atoms with Crippen molar-refractivity contribution < 1.29 is 4.74 Å². The van der Waals surface area contributed by atoms with Crippen LogP contribution in [0, 0.1) is 0 Å². The number of hydrogen-bond acceptors (Lipinski definition) is 3. The minimum absolute atomic E-state index is 0.544. The minimum atomic E-state index is 0.544. The van der Waals surface area contributed by atoms with Gasteiger partial charge in [-0.05, 0) is 12.1 Å². The van der Waals surface area contributed by atoms with Crippen LogP contribution in [0.1, 0.15) is 0 Å². The second kappa shape index (κ2) is 3.85. The lowest BCUT2D eigenvalue weighted by molar-refractivity contribution is 0.328. The molecule has 0 bridgehead atoms. The first-order valence-corrected chi connectivity index (χ1v) is 3.16. The number of nitrogens with zero attached hydrogens (tertiary/aromatic N) is 1. The predicted molar refractivity (Wildman–Crippen MR) is 38.8 cm³/mol. The van der Waals surface area contributed by atoms with Crippen LogP contribution >= 0.6 is 0 Å². The third kappa shape index (κ3) is 2.03. The average molecular weight is 138 g/mol. The molecule has 3 heteroatoms. The lowest BCUT2D eigenvalue weighted by atomic mass is 10.4. The van der Waals surface area contributed by atoms with Crippen LogP contribution in [-0.2, 0) is 0 Å². The molecule has 1 aromatic rings. The van der Waals surface area contributed by atoms with E-state index in [4.69, 9.17) is 10.5 Å². The Morgan fingerprint density at radius 1 is 1.40 bits per heavy atom. The first-order chi connectivity index (χ1) is 4.93. The molecule has 10 heavy (non-hydrogen) atoms. The molecule has 1 aromatic heterocycles. The number of pyridine rings is 1. The number of rotatable bonds is 3. The first-order valence-electron chi connectivity index (χ1n) is 3.16. The number of nitrogens with two attached hydrogens (primary N) is 1. The van der Waals surface area contributed by atoms with Crippen molar-refractivity contribution in [2.75, 3.05) is 13.2 Å². The Morgan fingerprint density at radius 2 is 2.10 bits per heavy atom. The van der Waals surface area contributed by atoms with Crippen molar-refractivity contribution in [1.29, 1.82) is 0 Å². The van der Waals surface area contributed by atoms with E-state index in [-0.39, 0.29) is 0 Å². The summed E-state index contributed by atoms with van der Waals surface area (Å²) in [5.74, 6) is 0.820. The highest BCUT2D eigenvalue weighted by molar-refractivity contribution is 5.16. The topological polar surface area (TPSA) is 48.1 Å². The normalized spacial score (nSPS) is 9.30. The van der Waals surface area contributed by atoms with E-state index < -0.39 is 0 Å². The maximum atomic E-state index is 5.24. The van der Waals surface area contributed by atoms with Crippen molar-refractivity contribution in [1.82, 2.24) is 4.98 Å². The molecule has 0 amide bonds. The van der Waals surface area contributed by atoms with Crippen molar-refractivity contribution in [3.8, 4) is 5.75 Å². The quantitative estimate of drug-likeness (QED) is 0.658. The average Bonchev–Trinajstić information content (AvgIpc) is 2.03. The van der Waals surface area contributed by atoms with Crippen LogP contribution < -0.4 is 10.5 Å². The van der Waals surface area contributed by atoms with E-state index in [2.05, 4.69) is 4.98 Å². The summed E-state index contributed by atoms with van der Waals surface area (Å²) in [5.41, 5.74) is 5.24. The van der Waals surface area contributed by atoms with Crippen LogP contribution in [0.15, 0.2) is 24.5 Å². The molecule has 0 aliphatic carbocycles. The molecule has 2 N–H and O–H groups in total. The Labute approximate surface area is 59.8 Å². The van der Waals surface area contributed by atoms with Gasteiger partial charge < -0.3 is 10.5 Å². The van der Waals surface area contributed by atoms with Gasteiger partial charge in [-0.15, -0.1) is 0 Å². The molecule has 0 unspecified atom stereocenters. The number of hydrogen-bond donors (Lipinski definition) is 1. The van der Waals surface area contributed by atoms with E-state index in [0.717, 1.165) is 5.75 Å². The highest BCUT2D eigenvalue weighted by atomic mass is 16.5. The van der Waals surface area contributed by atoms with E-state index in [1.54, 1.807) is 24.5 Å². The fraction of sp³-hybridized carbons (Fsp3) is 0.286. The van der Waals surface area contributed by atoms with Crippen molar-refractivity contribution in [2.24, 2.45) is 5.73 Å². The van der Waals surface area contributed by atoms with Crippen LogP contribution in [0.3, 0.4) is 0 Å². The lowest BCUT2D eigenvalue weighted by Gasteiger charge is -2.01. The first kappa shape index (κ1) is 7.02. The molecule has 0 spiro atoms.